The number of ether oxygens (including phenoxy) is 1. The van der Waals surface area contributed by atoms with Crippen molar-refractivity contribution in [3.05, 3.63) is 17.7 Å². The van der Waals surface area contributed by atoms with Gasteiger partial charge < -0.3 is 15.0 Å². The van der Waals surface area contributed by atoms with Gasteiger partial charge in [-0.3, -0.25) is 0 Å². The van der Waals surface area contributed by atoms with Gasteiger partial charge >= 0.3 is 0 Å². The fraction of sp³-hybridized carbons (Fsp3) is 0.769. The summed E-state index contributed by atoms with van der Waals surface area (Å²) in [4.78, 5) is 4.57. The summed E-state index contributed by atoms with van der Waals surface area (Å²) >= 11 is 0. The molecule has 1 aliphatic heterocycles. The van der Waals surface area contributed by atoms with Crippen LogP contribution in [0.4, 0.5) is 0 Å². The molecule has 1 aromatic rings. The van der Waals surface area contributed by atoms with E-state index in [1.807, 2.05) is 6.92 Å². The van der Waals surface area contributed by atoms with Crippen LogP contribution in [0.3, 0.4) is 0 Å². The van der Waals surface area contributed by atoms with Gasteiger partial charge in [0.05, 0.1) is 24.4 Å². The van der Waals surface area contributed by atoms with E-state index in [0.717, 1.165) is 30.9 Å². The van der Waals surface area contributed by atoms with Crippen molar-refractivity contribution in [2.75, 3.05) is 0 Å². The van der Waals surface area contributed by atoms with E-state index in [4.69, 9.17) is 10.5 Å². The van der Waals surface area contributed by atoms with Gasteiger partial charge in [0, 0.05) is 18.7 Å². The predicted molar refractivity (Wildman–Crippen MR) is 67.8 cm³/mol. The molecule has 4 heteroatoms. The van der Waals surface area contributed by atoms with Crippen molar-refractivity contribution in [3.8, 4) is 0 Å². The molecule has 3 atom stereocenters. The van der Waals surface area contributed by atoms with Crippen LogP contribution in [0, 0.1) is 0 Å². The highest BCUT2D eigenvalue weighted by Gasteiger charge is 2.23. The summed E-state index contributed by atoms with van der Waals surface area (Å²) in [5.74, 6) is 1.11. The van der Waals surface area contributed by atoms with Crippen LogP contribution in [-0.4, -0.2) is 21.8 Å². The van der Waals surface area contributed by atoms with Gasteiger partial charge in [0.25, 0.3) is 0 Å². The maximum atomic E-state index is 5.87. The first-order chi connectivity index (χ1) is 8.10. The molecular formula is C13H23N3O. The van der Waals surface area contributed by atoms with E-state index in [9.17, 15) is 0 Å². The first-order valence-corrected chi connectivity index (χ1v) is 6.57. The van der Waals surface area contributed by atoms with Gasteiger partial charge in [0.1, 0.15) is 5.82 Å². The minimum Gasteiger partial charge on any atom is -0.373 e. The van der Waals surface area contributed by atoms with Gasteiger partial charge in [-0.1, -0.05) is 6.92 Å². The highest BCUT2D eigenvalue weighted by atomic mass is 16.5. The third-order valence-corrected chi connectivity index (χ3v) is 3.38. The predicted octanol–water partition coefficient (Wildman–Crippen LogP) is 2.03. The molecule has 2 unspecified atom stereocenters. The molecule has 1 fully saturated rings. The molecule has 0 radical (unpaired) electrons. The molecule has 2 heterocycles. The standard InChI is InChI=1S/C13H23N3O/c1-4-13-15-12(10(3)14)8-16(13)7-11-6-5-9(2)17-11/h8-11H,4-7,14H2,1-3H3/t9?,10-,11?/m0/s1. The van der Waals surface area contributed by atoms with Crippen molar-refractivity contribution < 1.29 is 4.74 Å². The second-order valence-corrected chi connectivity index (χ2v) is 5.02. The van der Waals surface area contributed by atoms with Gasteiger partial charge in [-0.15, -0.1) is 0 Å². The third-order valence-electron chi connectivity index (χ3n) is 3.38. The molecule has 1 aromatic heterocycles. The first-order valence-electron chi connectivity index (χ1n) is 6.57. The summed E-state index contributed by atoms with van der Waals surface area (Å²) < 4.78 is 8.06. The number of imidazole rings is 1. The molecule has 17 heavy (non-hydrogen) atoms. The Morgan fingerprint density at radius 3 is 2.88 bits per heavy atom. The largest absolute Gasteiger partial charge is 0.373 e. The normalized spacial score (nSPS) is 26.4. The van der Waals surface area contributed by atoms with Gasteiger partial charge in [0.2, 0.25) is 0 Å². The topological polar surface area (TPSA) is 53.1 Å². The van der Waals surface area contributed by atoms with Crippen LogP contribution < -0.4 is 5.73 Å². The Bertz CT molecular complexity index is 373. The lowest BCUT2D eigenvalue weighted by atomic mass is 10.2. The molecule has 0 aliphatic carbocycles. The van der Waals surface area contributed by atoms with E-state index < -0.39 is 0 Å². The first kappa shape index (κ1) is 12.6. The van der Waals surface area contributed by atoms with Crippen LogP contribution in [-0.2, 0) is 17.7 Å². The second kappa shape index (κ2) is 5.19. The average molecular weight is 237 g/mol. The lowest BCUT2D eigenvalue weighted by Gasteiger charge is -2.13. The Morgan fingerprint density at radius 2 is 2.35 bits per heavy atom. The number of nitrogens with two attached hydrogens (primary N) is 1. The van der Waals surface area contributed by atoms with Crippen molar-refractivity contribution in [2.45, 2.75) is 64.8 Å². The lowest BCUT2D eigenvalue weighted by molar-refractivity contribution is 0.0453. The highest BCUT2D eigenvalue weighted by molar-refractivity contribution is 5.08. The fourth-order valence-electron chi connectivity index (χ4n) is 2.37. The summed E-state index contributed by atoms with van der Waals surface area (Å²) in [6.07, 6.45) is 6.08. The monoisotopic (exact) mass is 237 g/mol. The van der Waals surface area contributed by atoms with Crippen molar-refractivity contribution in [1.82, 2.24) is 9.55 Å². The molecule has 0 aromatic carbocycles. The number of aromatic nitrogens is 2. The Labute approximate surface area is 103 Å². The fourth-order valence-corrected chi connectivity index (χ4v) is 2.37. The van der Waals surface area contributed by atoms with Crippen LogP contribution in [0.2, 0.25) is 0 Å². The van der Waals surface area contributed by atoms with Crippen LogP contribution in [0.1, 0.15) is 51.2 Å². The smallest absolute Gasteiger partial charge is 0.108 e. The summed E-state index contributed by atoms with van der Waals surface area (Å²) in [7, 11) is 0. The minimum atomic E-state index is 0.00460. The van der Waals surface area contributed by atoms with Crippen LogP contribution in [0.25, 0.3) is 0 Å². The molecule has 0 bridgehead atoms. The maximum absolute atomic E-state index is 5.87. The molecule has 96 valence electrons. The van der Waals surface area contributed by atoms with Crippen LogP contribution >= 0.6 is 0 Å². The molecule has 1 aliphatic rings. The van der Waals surface area contributed by atoms with E-state index in [1.165, 1.54) is 6.42 Å². The zero-order chi connectivity index (χ0) is 12.4. The van der Waals surface area contributed by atoms with Crippen molar-refractivity contribution in [2.24, 2.45) is 5.73 Å². The SMILES string of the molecule is CCc1nc([C@H](C)N)cn1CC1CCC(C)O1. The van der Waals surface area contributed by atoms with E-state index in [2.05, 4.69) is 29.6 Å². The summed E-state index contributed by atoms with van der Waals surface area (Å²) in [5, 5.41) is 0. The van der Waals surface area contributed by atoms with Crippen molar-refractivity contribution in [1.29, 1.82) is 0 Å². The Balaban J connectivity index is 2.08. The molecule has 1 saturated heterocycles. The number of aryl methyl sites for hydroxylation is 1. The van der Waals surface area contributed by atoms with Crippen molar-refractivity contribution >= 4 is 0 Å². The minimum absolute atomic E-state index is 0.00460. The Kier molecular flexibility index (Phi) is 3.84. The van der Waals surface area contributed by atoms with E-state index in [1.54, 1.807) is 0 Å². The average Bonchev–Trinajstić information content (AvgIpc) is 2.85. The van der Waals surface area contributed by atoms with Gasteiger partial charge in [-0.2, -0.15) is 0 Å². The second-order valence-electron chi connectivity index (χ2n) is 5.02. The number of hydrogen-bond donors (Lipinski definition) is 1. The molecule has 2 rings (SSSR count). The Morgan fingerprint density at radius 1 is 1.59 bits per heavy atom. The number of hydrogen-bond acceptors (Lipinski definition) is 3. The zero-order valence-electron chi connectivity index (χ0n) is 11.0. The summed E-state index contributed by atoms with van der Waals surface area (Å²) in [6, 6.07) is 0.00460. The molecule has 0 spiro atoms. The van der Waals surface area contributed by atoms with E-state index in [0.29, 0.717) is 12.2 Å². The van der Waals surface area contributed by atoms with Gasteiger partial charge in [-0.05, 0) is 26.7 Å². The van der Waals surface area contributed by atoms with Gasteiger partial charge in [-0.25, -0.2) is 4.98 Å². The quantitative estimate of drug-likeness (QED) is 0.871. The number of nitrogens with zero attached hydrogens (tertiary/aromatic N) is 2. The van der Waals surface area contributed by atoms with Crippen molar-refractivity contribution in [3.63, 3.8) is 0 Å². The molecule has 0 amide bonds. The molecular weight excluding hydrogens is 214 g/mol. The third kappa shape index (κ3) is 2.87. The van der Waals surface area contributed by atoms with Crippen LogP contribution in [0.5, 0.6) is 0 Å². The number of rotatable bonds is 4. The molecule has 0 saturated carbocycles. The lowest BCUT2D eigenvalue weighted by Crippen LogP contribution is -2.17. The van der Waals surface area contributed by atoms with E-state index >= 15 is 0 Å². The van der Waals surface area contributed by atoms with E-state index in [-0.39, 0.29) is 6.04 Å². The summed E-state index contributed by atoms with van der Waals surface area (Å²) in [6.45, 7) is 7.15. The molecule has 4 nitrogen and oxygen atoms in total. The maximum Gasteiger partial charge on any atom is 0.108 e. The van der Waals surface area contributed by atoms with Gasteiger partial charge in [0.15, 0.2) is 0 Å². The highest BCUT2D eigenvalue weighted by Crippen LogP contribution is 2.21. The Hall–Kier alpha value is -0.870. The van der Waals surface area contributed by atoms with Crippen LogP contribution in [0.15, 0.2) is 6.20 Å². The summed E-state index contributed by atoms with van der Waals surface area (Å²) in [5.41, 5.74) is 6.85. The molecule has 2 N–H and O–H groups in total. The zero-order valence-corrected chi connectivity index (χ0v) is 11.0.